The largest absolute Gasteiger partial charge is 0.472 e. The molecule has 0 aliphatic heterocycles. The first-order valence-electron chi connectivity index (χ1n) is 31.7. The van der Waals surface area contributed by atoms with E-state index in [4.69, 9.17) is 18.5 Å². The fourth-order valence-electron chi connectivity index (χ4n) is 8.86. The summed E-state index contributed by atoms with van der Waals surface area (Å²) in [5.41, 5.74) is 0. The number of nitrogens with zero attached hydrogens (tertiary/aromatic N) is 1. The fraction of sp³-hybridized carbons (Fsp3) is 0.788. The van der Waals surface area contributed by atoms with E-state index in [1.54, 1.807) is 0 Å². The molecule has 1 N–H and O–H groups in total. The van der Waals surface area contributed by atoms with Crippen molar-refractivity contribution in [1.29, 1.82) is 0 Å². The number of hydrogen-bond acceptors (Lipinski definition) is 7. The lowest BCUT2D eigenvalue weighted by atomic mass is 10.0. The van der Waals surface area contributed by atoms with Crippen molar-refractivity contribution in [2.75, 3.05) is 47.5 Å². The number of rotatable bonds is 58. The number of likely N-dealkylation sites (N-methyl/N-ethyl adjacent to an activating group) is 1. The lowest BCUT2D eigenvalue weighted by molar-refractivity contribution is -0.870. The molecule has 10 heteroatoms. The molecule has 2 unspecified atom stereocenters. The summed E-state index contributed by atoms with van der Waals surface area (Å²) < 4.78 is 34.6. The SMILES string of the molecule is CC/C=C\C/C=C\C/C=C\C/C=C\C/C=C\CCCCCCCCCCCCCCCCCCCC(=O)OC(COC(=O)CCCCCCCCCCC/C=C\CCCCCCCC)COP(=O)(O)OCC[N+](C)(C)C. The van der Waals surface area contributed by atoms with Gasteiger partial charge in [0.25, 0.3) is 0 Å². The molecule has 0 aromatic carbocycles. The topological polar surface area (TPSA) is 108 Å². The van der Waals surface area contributed by atoms with Crippen LogP contribution in [0.5, 0.6) is 0 Å². The molecule has 0 aliphatic rings. The molecule has 0 aromatic rings. The molecule has 0 heterocycles. The number of hydrogen-bond donors (Lipinski definition) is 1. The summed E-state index contributed by atoms with van der Waals surface area (Å²) in [4.78, 5) is 35.8. The predicted octanol–water partition coefficient (Wildman–Crippen LogP) is 20.0. The molecule has 442 valence electrons. The molecule has 0 saturated carbocycles. The monoisotopic (exact) mass is 1090 g/mol. The number of esters is 2. The summed E-state index contributed by atoms with van der Waals surface area (Å²) >= 11 is 0. The average molecular weight is 1090 g/mol. The second-order valence-electron chi connectivity index (χ2n) is 22.4. The molecule has 76 heavy (non-hydrogen) atoms. The lowest BCUT2D eigenvalue weighted by Crippen LogP contribution is -2.37. The zero-order valence-electron chi connectivity index (χ0n) is 50.2. The number of unbranched alkanes of at least 4 members (excludes halogenated alkanes) is 32. The summed E-state index contributed by atoms with van der Waals surface area (Å²) in [6.07, 6.45) is 75.5. The smallest absolute Gasteiger partial charge is 0.462 e. The first kappa shape index (κ1) is 73.5. The third-order valence-corrected chi connectivity index (χ3v) is 14.7. The molecule has 0 amide bonds. The van der Waals surface area contributed by atoms with Gasteiger partial charge in [0.2, 0.25) is 0 Å². The quantitative estimate of drug-likeness (QED) is 0.0211. The van der Waals surface area contributed by atoms with Crippen molar-refractivity contribution in [2.24, 2.45) is 0 Å². The maximum absolute atomic E-state index is 12.8. The van der Waals surface area contributed by atoms with Gasteiger partial charge in [-0.3, -0.25) is 18.6 Å². The standard InChI is InChI=1S/C66H120NO8P/c1-6-8-10-12-14-16-18-20-22-24-26-27-28-29-30-31-32-33-34-35-36-37-38-39-41-43-45-47-49-51-53-55-57-59-66(69)75-64(63-74-76(70,71)73-61-60-67(3,4)5)62-72-65(68)58-56-54-52-50-48-46-44-42-40-25-23-21-19-17-15-13-11-9-7-2/h8,10,14,16,20-23,26-27,29-30,64H,6-7,9,11-13,15,17-19,24-25,28,31-63H2,1-5H3/p+1/b10-8-,16-14-,22-20-,23-21-,27-26-,30-29-. The van der Waals surface area contributed by atoms with Gasteiger partial charge in [0.15, 0.2) is 6.10 Å². The highest BCUT2D eigenvalue weighted by atomic mass is 31.2. The van der Waals surface area contributed by atoms with Crippen LogP contribution in [0.2, 0.25) is 0 Å². The number of carbonyl (C=O) groups is 2. The molecule has 2 atom stereocenters. The van der Waals surface area contributed by atoms with E-state index in [9.17, 15) is 19.0 Å². The summed E-state index contributed by atoms with van der Waals surface area (Å²) in [5.74, 6) is -0.790. The van der Waals surface area contributed by atoms with Gasteiger partial charge < -0.3 is 18.9 Å². The van der Waals surface area contributed by atoms with Gasteiger partial charge in [0, 0.05) is 12.8 Å². The molecule has 0 spiro atoms. The van der Waals surface area contributed by atoms with Gasteiger partial charge in [0.1, 0.15) is 19.8 Å². The number of quaternary nitrogens is 1. The first-order valence-corrected chi connectivity index (χ1v) is 33.2. The third kappa shape index (κ3) is 60.7. The Balaban J connectivity index is 4.05. The highest BCUT2D eigenvalue weighted by Crippen LogP contribution is 2.43. The Bertz CT molecular complexity index is 1510. The van der Waals surface area contributed by atoms with Gasteiger partial charge in [-0.15, -0.1) is 0 Å². The van der Waals surface area contributed by atoms with Crippen molar-refractivity contribution in [3.63, 3.8) is 0 Å². The summed E-state index contributed by atoms with van der Waals surface area (Å²) in [7, 11) is 1.48. The van der Waals surface area contributed by atoms with E-state index in [1.807, 2.05) is 21.1 Å². The van der Waals surface area contributed by atoms with Crippen molar-refractivity contribution < 1.29 is 42.1 Å². The van der Waals surface area contributed by atoms with Gasteiger partial charge in [-0.05, 0) is 83.5 Å². The molecule has 0 radical (unpaired) electrons. The van der Waals surface area contributed by atoms with Crippen molar-refractivity contribution in [3.8, 4) is 0 Å². The second kappa shape index (κ2) is 57.1. The average Bonchev–Trinajstić information content (AvgIpc) is 3.38. The maximum atomic E-state index is 12.8. The van der Waals surface area contributed by atoms with Crippen molar-refractivity contribution in [3.05, 3.63) is 72.9 Å². The fourth-order valence-corrected chi connectivity index (χ4v) is 9.60. The van der Waals surface area contributed by atoms with Crippen LogP contribution in [0.25, 0.3) is 0 Å². The minimum Gasteiger partial charge on any atom is -0.462 e. The molecule has 0 bridgehead atoms. The van der Waals surface area contributed by atoms with Crippen LogP contribution in [0.3, 0.4) is 0 Å². The minimum atomic E-state index is -4.39. The van der Waals surface area contributed by atoms with Crippen molar-refractivity contribution >= 4 is 19.8 Å². The van der Waals surface area contributed by atoms with E-state index in [-0.39, 0.29) is 32.0 Å². The van der Waals surface area contributed by atoms with Crippen LogP contribution in [0.1, 0.15) is 284 Å². The van der Waals surface area contributed by atoms with Gasteiger partial charge in [0.05, 0.1) is 27.7 Å². The van der Waals surface area contributed by atoms with E-state index in [0.29, 0.717) is 17.4 Å². The Morgan fingerprint density at radius 2 is 0.750 bits per heavy atom. The molecule has 0 aliphatic carbocycles. The molecule has 0 rings (SSSR count). The number of carbonyl (C=O) groups excluding carboxylic acids is 2. The van der Waals surface area contributed by atoms with E-state index >= 15 is 0 Å². The van der Waals surface area contributed by atoms with Crippen LogP contribution >= 0.6 is 7.82 Å². The van der Waals surface area contributed by atoms with E-state index in [2.05, 4.69) is 86.8 Å². The van der Waals surface area contributed by atoms with Crippen LogP contribution in [-0.4, -0.2) is 74.9 Å². The molecule has 0 aromatic heterocycles. The van der Waals surface area contributed by atoms with Crippen LogP contribution in [0, 0.1) is 0 Å². The highest BCUT2D eigenvalue weighted by Gasteiger charge is 2.27. The maximum Gasteiger partial charge on any atom is 0.472 e. The molecule has 9 nitrogen and oxygen atoms in total. The Morgan fingerprint density at radius 3 is 1.13 bits per heavy atom. The Kier molecular flexibility index (Phi) is 55.2. The lowest BCUT2D eigenvalue weighted by Gasteiger charge is -2.24. The zero-order chi connectivity index (χ0) is 55.6. The summed E-state index contributed by atoms with van der Waals surface area (Å²) in [6.45, 7) is 4.34. The van der Waals surface area contributed by atoms with Crippen molar-refractivity contribution in [1.82, 2.24) is 0 Å². The number of phosphoric ester groups is 1. The van der Waals surface area contributed by atoms with Crippen molar-refractivity contribution in [2.45, 2.75) is 290 Å². The minimum absolute atomic E-state index is 0.0310. The molecule has 0 fully saturated rings. The highest BCUT2D eigenvalue weighted by molar-refractivity contribution is 7.47. The Morgan fingerprint density at radius 1 is 0.421 bits per heavy atom. The van der Waals surface area contributed by atoms with E-state index in [0.717, 1.165) is 64.2 Å². The van der Waals surface area contributed by atoms with Crippen LogP contribution in [0.4, 0.5) is 0 Å². The van der Waals surface area contributed by atoms with Crippen LogP contribution in [-0.2, 0) is 32.7 Å². The zero-order valence-corrected chi connectivity index (χ0v) is 51.1. The van der Waals surface area contributed by atoms with Gasteiger partial charge >= 0.3 is 19.8 Å². The second-order valence-corrected chi connectivity index (χ2v) is 23.9. The number of phosphoric acid groups is 1. The normalized spacial score (nSPS) is 13.7. The summed E-state index contributed by atoms with van der Waals surface area (Å²) in [5, 5.41) is 0. The summed E-state index contributed by atoms with van der Waals surface area (Å²) in [6, 6.07) is 0. The molecule has 0 saturated heterocycles. The molecular weight excluding hydrogens is 966 g/mol. The Labute approximate surface area is 469 Å². The van der Waals surface area contributed by atoms with Gasteiger partial charge in [-0.2, -0.15) is 0 Å². The molecular formula is C66H121NO8P+. The van der Waals surface area contributed by atoms with Gasteiger partial charge in [-0.1, -0.05) is 260 Å². The third-order valence-electron chi connectivity index (χ3n) is 13.7. The van der Waals surface area contributed by atoms with E-state index < -0.39 is 26.5 Å². The van der Waals surface area contributed by atoms with Crippen LogP contribution < -0.4 is 0 Å². The first-order chi connectivity index (χ1) is 37.0. The van der Waals surface area contributed by atoms with Crippen LogP contribution in [0.15, 0.2) is 72.9 Å². The number of ether oxygens (including phenoxy) is 2. The van der Waals surface area contributed by atoms with E-state index in [1.165, 1.54) is 186 Å². The Hall–Kier alpha value is -2.55. The number of allylic oxidation sites excluding steroid dienone is 12. The predicted molar refractivity (Wildman–Crippen MR) is 326 cm³/mol. The van der Waals surface area contributed by atoms with Gasteiger partial charge in [-0.25, -0.2) is 4.57 Å².